The van der Waals surface area contributed by atoms with E-state index in [1.165, 1.54) is 12.1 Å². The largest absolute Gasteiger partial charge is 0.325 e. The minimum absolute atomic E-state index is 0.131. The molecule has 21 heavy (non-hydrogen) atoms. The summed E-state index contributed by atoms with van der Waals surface area (Å²) in [7, 11) is 0. The lowest BCUT2D eigenvalue weighted by Crippen LogP contribution is -2.37. The average Bonchev–Trinajstić information content (AvgIpc) is 2.49. The molecule has 0 saturated carbocycles. The molecule has 2 N–H and O–H groups in total. The van der Waals surface area contributed by atoms with Crippen molar-refractivity contribution in [3.8, 4) is 0 Å². The zero-order valence-corrected chi connectivity index (χ0v) is 13.2. The van der Waals surface area contributed by atoms with Crippen molar-refractivity contribution >= 4 is 27.5 Å². The molecule has 0 aromatic heterocycles. The SMILES string of the molecule is CC(NCc1cc(F)ccc1Br)C(=O)Nc1ccccc1. The van der Waals surface area contributed by atoms with Crippen LogP contribution in [-0.4, -0.2) is 11.9 Å². The van der Waals surface area contributed by atoms with Crippen LogP contribution in [0, 0.1) is 5.82 Å². The Balaban J connectivity index is 1.90. The third-order valence-electron chi connectivity index (χ3n) is 3.04. The van der Waals surface area contributed by atoms with E-state index in [0.717, 1.165) is 15.7 Å². The summed E-state index contributed by atoms with van der Waals surface area (Å²) in [5.74, 6) is -0.426. The standard InChI is InChI=1S/C16H16BrFN2O/c1-11(16(21)20-14-5-3-2-4-6-14)19-10-12-9-13(18)7-8-15(12)17/h2-9,11,19H,10H2,1H3,(H,20,21). The first kappa shape index (κ1) is 15.7. The molecule has 1 amide bonds. The zero-order valence-electron chi connectivity index (χ0n) is 11.6. The minimum atomic E-state index is -0.389. The number of nitrogens with one attached hydrogen (secondary N) is 2. The highest BCUT2D eigenvalue weighted by molar-refractivity contribution is 9.10. The molecule has 3 nitrogen and oxygen atoms in total. The number of anilines is 1. The second-order valence-corrected chi connectivity index (χ2v) is 5.55. The number of hydrogen-bond acceptors (Lipinski definition) is 2. The molecule has 0 aliphatic heterocycles. The molecule has 0 saturated heterocycles. The van der Waals surface area contributed by atoms with Gasteiger partial charge >= 0.3 is 0 Å². The Morgan fingerprint density at radius 2 is 1.95 bits per heavy atom. The Labute approximate surface area is 131 Å². The van der Waals surface area contributed by atoms with Gasteiger partial charge in [0.25, 0.3) is 0 Å². The van der Waals surface area contributed by atoms with Gasteiger partial charge in [-0.3, -0.25) is 4.79 Å². The molecule has 2 aromatic rings. The molecule has 110 valence electrons. The third-order valence-corrected chi connectivity index (χ3v) is 3.81. The molecule has 0 heterocycles. The molecule has 1 unspecified atom stereocenters. The number of hydrogen-bond donors (Lipinski definition) is 2. The third kappa shape index (κ3) is 4.65. The van der Waals surface area contributed by atoms with E-state index in [1.807, 2.05) is 30.3 Å². The van der Waals surface area contributed by atoms with Crippen LogP contribution in [-0.2, 0) is 11.3 Å². The summed E-state index contributed by atoms with van der Waals surface area (Å²) in [6.45, 7) is 2.17. The molecule has 0 aliphatic rings. The highest BCUT2D eigenvalue weighted by Crippen LogP contribution is 2.17. The maximum absolute atomic E-state index is 13.2. The fraction of sp³-hybridized carbons (Fsp3) is 0.188. The van der Waals surface area contributed by atoms with Crippen LogP contribution in [0.2, 0.25) is 0 Å². The molecular formula is C16H16BrFN2O. The van der Waals surface area contributed by atoms with Gasteiger partial charge in [0.05, 0.1) is 6.04 Å². The van der Waals surface area contributed by atoms with E-state index < -0.39 is 0 Å². The van der Waals surface area contributed by atoms with Crippen LogP contribution >= 0.6 is 15.9 Å². The Bertz CT molecular complexity index is 619. The van der Waals surface area contributed by atoms with E-state index in [1.54, 1.807) is 13.0 Å². The number of carbonyl (C=O) groups excluding carboxylic acids is 1. The number of para-hydroxylation sites is 1. The van der Waals surface area contributed by atoms with Gasteiger partial charge in [0.1, 0.15) is 5.82 Å². The molecule has 0 aliphatic carbocycles. The molecule has 0 fully saturated rings. The maximum atomic E-state index is 13.2. The molecule has 2 aromatic carbocycles. The van der Waals surface area contributed by atoms with Crippen molar-refractivity contribution < 1.29 is 9.18 Å². The Morgan fingerprint density at radius 1 is 1.24 bits per heavy atom. The molecule has 2 rings (SSSR count). The second kappa shape index (κ2) is 7.33. The van der Waals surface area contributed by atoms with Gasteiger partial charge in [-0.2, -0.15) is 0 Å². The molecule has 5 heteroatoms. The summed E-state index contributed by atoms with van der Waals surface area (Å²) in [6, 6.07) is 13.4. The van der Waals surface area contributed by atoms with E-state index >= 15 is 0 Å². The predicted octanol–water partition coefficient (Wildman–Crippen LogP) is 3.71. The van der Waals surface area contributed by atoms with E-state index in [9.17, 15) is 9.18 Å². The fourth-order valence-electron chi connectivity index (χ4n) is 1.81. The van der Waals surface area contributed by atoms with Gasteiger partial charge in [-0.15, -0.1) is 0 Å². The van der Waals surface area contributed by atoms with Crippen LogP contribution in [0.3, 0.4) is 0 Å². The Hall–Kier alpha value is -1.72. The van der Waals surface area contributed by atoms with Gasteiger partial charge in [-0.25, -0.2) is 4.39 Å². The highest BCUT2D eigenvalue weighted by Gasteiger charge is 2.13. The Morgan fingerprint density at radius 3 is 2.67 bits per heavy atom. The molecule has 0 bridgehead atoms. The van der Waals surface area contributed by atoms with Crippen LogP contribution < -0.4 is 10.6 Å². The van der Waals surface area contributed by atoms with Crippen molar-refractivity contribution in [2.45, 2.75) is 19.5 Å². The lowest BCUT2D eigenvalue weighted by atomic mass is 10.2. The highest BCUT2D eigenvalue weighted by atomic mass is 79.9. The van der Waals surface area contributed by atoms with Gasteiger partial charge in [0.15, 0.2) is 0 Å². The van der Waals surface area contributed by atoms with Crippen molar-refractivity contribution in [1.29, 1.82) is 0 Å². The first-order valence-corrected chi connectivity index (χ1v) is 7.39. The normalized spacial score (nSPS) is 12.0. The number of carbonyl (C=O) groups is 1. The van der Waals surface area contributed by atoms with Crippen molar-refractivity contribution in [3.05, 3.63) is 64.4 Å². The van der Waals surface area contributed by atoms with Crippen LogP contribution in [0.5, 0.6) is 0 Å². The number of amides is 1. The van der Waals surface area contributed by atoms with Crippen molar-refractivity contribution in [3.63, 3.8) is 0 Å². The smallest absolute Gasteiger partial charge is 0.241 e. The topological polar surface area (TPSA) is 41.1 Å². The zero-order chi connectivity index (χ0) is 15.2. The maximum Gasteiger partial charge on any atom is 0.241 e. The van der Waals surface area contributed by atoms with Gasteiger partial charge in [-0.05, 0) is 42.8 Å². The average molecular weight is 351 g/mol. The van der Waals surface area contributed by atoms with E-state index in [-0.39, 0.29) is 17.8 Å². The van der Waals surface area contributed by atoms with Gasteiger partial charge < -0.3 is 10.6 Å². The minimum Gasteiger partial charge on any atom is -0.325 e. The van der Waals surface area contributed by atoms with Crippen LogP contribution in [0.4, 0.5) is 10.1 Å². The van der Waals surface area contributed by atoms with E-state index in [2.05, 4.69) is 26.6 Å². The number of benzene rings is 2. The molecule has 0 radical (unpaired) electrons. The predicted molar refractivity (Wildman–Crippen MR) is 85.5 cm³/mol. The summed E-state index contributed by atoms with van der Waals surface area (Å²) in [5, 5.41) is 5.89. The summed E-state index contributed by atoms with van der Waals surface area (Å²) in [5.41, 5.74) is 1.53. The summed E-state index contributed by atoms with van der Waals surface area (Å²) in [6.07, 6.45) is 0. The quantitative estimate of drug-likeness (QED) is 0.862. The van der Waals surface area contributed by atoms with Crippen molar-refractivity contribution in [1.82, 2.24) is 5.32 Å². The summed E-state index contributed by atoms with van der Waals surface area (Å²) >= 11 is 3.36. The van der Waals surface area contributed by atoms with E-state index in [4.69, 9.17) is 0 Å². The lowest BCUT2D eigenvalue weighted by Gasteiger charge is -2.15. The number of rotatable bonds is 5. The van der Waals surface area contributed by atoms with Gasteiger partial charge in [0, 0.05) is 16.7 Å². The number of halogens is 2. The summed E-state index contributed by atoms with van der Waals surface area (Å²) < 4.78 is 14.0. The second-order valence-electron chi connectivity index (χ2n) is 4.69. The molecule has 1 atom stereocenters. The fourth-order valence-corrected chi connectivity index (χ4v) is 2.19. The summed E-state index contributed by atoms with van der Waals surface area (Å²) in [4.78, 5) is 12.0. The van der Waals surface area contributed by atoms with E-state index in [0.29, 0.717) is 6.54 Å². The molecule has 0 spiro atoms. The van der Waals surface area contributed by atoms with Crippen molar-refractivity contribution in [2.24, 2.45) is 0 Å². The molecular weight excluding hydrogens is 335 g/mol. The first-order chi connectivity index (χ1) is 10.1. The van der Waals surface area contributed by atoms with Crippen molar-refractivity contribution in [2.75, 3.05) is 5.32 Å². The lowest BCUT2D eigenvalue weighted by molar-refractivity contribution is -0.117. The van der Waals surface area contributed by atoms with Crippen LogP contribution in [0.1, 0.15) is 12.5 Å². The van der Waals surface area contributed by atoms with Crippen LogP contribution in [0.15, 0.2) is 53.0 Å². The monoisotopic (exact) mass is 350 g/mol. The van der Waals surface area contributed by atoms with Gasteiger partial charge in [0.2, 0.25) is 5.91 Å². The van der Waals surface area contributed by atoms with Gasteiger partial charge in [-0.1, -0.05) is 34.1 Å². The first-order valence-electron chi connectivity index (χ1n) is 6.59. The Kier molecular flexibility index (Phi) is 5.47. The van der Waals surface area contributed by atoms with Crippen LogP contribution in [0.25, 0.3) is 0 Å².